The second-order valence-electron chi connectivity index (χ2n) is 9.33. The molecule has 4 saturated carbocycles. The summed E-state index contributed by atoms with van der Waals surface area (Å²) in [5.41, 5.74) is -0.568. The summed E-state index contributed by atoms with van der Waals surface area (Å²) in [5, 5.41) is -5.60. The van der Waals surface area contributed by atoms with Crippen LogP contribution >= 0.6 is 0 Å². The van der Waals surface area contributed by atoms with Crippen LogP contribution < -0.4 is 0 Å². The molecule has 1 N–H and O–H groups in total. The summed E-state index contributed by atoms with van der Waals surface area (Å²) in [5.74, 6) is -3.56. The summed E-state index contributed by atoms with van der Waals surface area (Å²) < 4.78 is 93.2. The van der Waals surface area contributed by atoms with Crippen molar-refractivity contribution in [2.24, 2.45) is 23.7 Å². The standard InChI is InChI=1S/C20H28F4O6S/c1-12(11-29-5-3-4-19(21,22)20(23,24)31(26,27)28)17(25)30-18(2)15-7-13-6-14(9-15)10-16(18)8-13/h13-16H,1,3-11H2,2H3,(H,26,27,28). The van der Waals surface area contributed by atoms with Crippen molar-refractivity contribution in [3.05, 3.63) is 12.2 Å². The number of alkyl halides is 4. The van der Waals surface area contributed by atoms with Crippen molar-refractivity contribution in [2.45, 2.75) is 68.6 Å². The zero-order chi connectivity index (χ0) is 23.2. The van der Waals surface area contributed by atoms with Gasteiger partial charge in [-0.3, -0.25) is 4.55 Å². The number of rotatable bonds is 10. The van der Waals surface area contributed by atoms with Crippen molar-refractivity contribution >= 4 is 16.1 Å². The topological polar surface area (TPSA) is 89.9 Å². The maximum atomic E-state index is 13.4. The minimum Gasteiger partial charge on any atom is -0.455 e. The van der Waals surface area contributed by atoms with Crippen molar-refractivity contribution in [1.82, 2.24) is 0 Å². The highest BCUT2D eigenvalue weighted by Crippen LogP contribution is 2.59. The monoisotopic (exact) mass is 472 g/mol. The van der Waals surface area contributed by atoms with E-state index in [1.807, 2.05) is 6.92 Å². The molecule has 4 aliphatic rings. The molecule has 4 aliphatic carbocycles. The van der Waals surface area contributed by atoms with Crippen LogP contribution in [0.3, 0.4) is 0 Å². The number of hydrogen-bond acceptors (Lipinski definition) is 5. The molecule has 0 saturated heterocycles. The van der Waals surface area contributed by atoms with Gasteiger partial charge in [0.25, 0.3) is 0 Å². The molecular weight excluding hydrogens is 444 g/mol. The highest BCUT2D eigenvalue weighted by molar-refractivity contribution is 7.87. The van der Waals surface area contributed by atoms with E-state index in [-0.39, 0.29) is 12.2 Å². The molecule has 0 unspecified atom stereocenters. The smallest absolute Gasteiger partial charge is 0.431 e. The van der Waals surface area contributed by atoms with Crippen LogP contribution in [0.4, 0.5) is 17.6 Å². The SMILES string of the molecule is C=C(COCCCC(F)(F)C(F)(F)S(=O)(=O)O)C(=O)OC1(C)C2CC3CC(C2)CC1C3. The van der Waals surface area contributed by atoms with Crippen LogP contribution in [0, 0.1) is 23.7 Å². The molecule has 0 aromatic heterocycles. The van der Waals surface area contributed by atoms with Crippen LogP contribution in [-0.4, -0.2) is 48.9 Å². The molecule has 0 aliphatic heterocycles. The fraction of sp³-hybridized carbons (Fsp3) is 0.850. The number of carbonyl (C=O) groups excluding carboxylic acids is 1. The number of ether oxygens (including phenoxy) is 2. The van der Waals surface area contributed by atoms with Gasteiger partial charge in [0, 0.05) is 13.0 Å². The molecule has 0 amide bonds. The van der Waals surface area contributed by atoms with E-state index >= 15 is 0 Å². The third-order valence-corrected chi connectivity index (χ3v) is 8.11. The molecule has 0 heterocycles. The van der Waals surface area contributed by atoms with Crippen LogP contribution in [0.15, 0.2) is 12.2 Å². The van der Waals surface area contributed by atoms with Crippen molar-refractivity contribution in [3.8, 4) is 0 Å². The summed E-state index contributed by atoms with van der Waals surface area (Å²) >= 11 is 0. The largest absolute Gasteiger partial charge is 0.455 e. The zero-order valence-corrected chi connectivity index (χ0v) is 18.1. The lowest BCUT2D eigenvalue weighted by Crippen LogP contribution is -2.58. The predicted molar refractivity (Wildman–Crippen MR) is 102 cm³/mol. The van der Waals surface area contributed by atoms with Gasteiger partial charge >= 0.3 is 27.3 Å². The Morgan fingerprint density at radius 2 is 1.61 bits per heavy atom. The molecule has 4 bridgehead atoms. The van der Waals surface area contributed by atoms with E-state index in [4.69, 9.17) is 14.0 Å². The van der Waals surface area contributed by atoms with Crippen LogP contribution in [0.5, 0.6) is 0 Å². The summed E-state index contributed by atoms with van der Waals surface area (Å²) in [7, 11) is -6.25. The molecule has 0 radical (unpaired) electrons. The van der Waals surface area contributed by atoms with Gasteiger partial charge in [0.15, 0.2) is 0 Å². The summed E-state index contributed by atoms with van der Waals surface area (Å²) in [4.78, 5) is 12.5. The molecule has 6 nitrogen and oxygen atoms in total. The van der Waals surface area contributed by atoms with E-state index in [2.05, 4.69) is 6.58 Å². The third kappa shape index (κ3) is 4.64. The molecule has 4 rings (SSSR count). The van der Waals surface area contributed by atoms with E-state index in [0.717, 1.165) is 25.7 Å². The molecule has 0 aromatic rings. The van der Waals surface area contributed by atoms with Gasteiger partial charge in [0.2, 0.25) is 0 Å². The first-order valence-corrected chi connectivity index (χ1v) is 11.8. The Hall–Kier alpha value is -1.20. The lowest BCUT2D eigenvalue weighted by atomic mass is 9.50. The average molecular weight is 472 g/mol. The van der Waals surface area contributed by atoms with Gasteiger partial charge in [0.05, 0.1) is 12.2 Å². The van der Waals surface area contributed by atoms with Crippen LogP contribution in [0.25, 0.3) is 0 Å². The lowest BCUT2D eigenvalue weighted by Gasteiger charge is -2.59. The van der Waals surface area contributed by atoms with Crippen LogP contribution in [-0.2, 0) is 24.4 Å². The second-order valence-corrected chi connectivity index (χ2v) is 10.8. The van der Waals surface area contributed by atoms with Crippen LogP contribution in [0.2, 0.25) is 0 Å². The maximum absolute atomic E-state index is 13.4. The molecule has 11 heteroatoms. The highest BCUT2D eigenvalue weighted by Gasteiger charge is 2.65. The summed E-state index contributed by atoms with van der Waals surface area (Å²) in [6.45, 7) is 4.81. The van der Waals surface area contributed by atoms with Gasteiger partial charge in [-0.05, 0) is 69.1 Å². The Kier molecular flexibility index (Phi) is 6.54. The van der Waals surface area contributed by atoms with Gasteiger partial charge in [-0.1, -0.05) is 6.58 Å². The van der Waals surface area contributed by atoms with E-state index in [1.165, 1.54) is 6.42 Å². The van der Waals surface area contributed by atoms with Crippen LogP contribution in [0.1, 0.15) is 51.9 Å². The Morgan fingerprint density at radius 1 is 1.10 bits per heavy atom. The predicted octanol–water partition coefficient (Wildman–Crippen LogP) is 4.21. The fourth-order valence-corrected chi connectivity index (χ4v) is 6.02. The lowest BCUT2D eigenvalue weighted by molar-refractivity contribution is -0.200. The summed E-state index contributed by atoms with van der Waals surface area (Å²) in [6.07, 6.45) is 3.28. The quantitative estimate of drug-likeness (QED) is 0.168. The van der Waals surface area contributed by atoms with Gasteiger partial charge in [-0.25, -0.2) is 4.79 Å². The van der Waals surface area contributed by atoms with Crippen molar-refractivity contribution in [3.63, 3.8) is 0 Å². The zero-order valence-electron chi connectivity index (χ0n) is 17.3. The van der Waals surface area contributed by atoms with Crippen molar-refractivity contribution < 1.29 is 44.8 Å². The van der Waals surface area contributed by atoms with E-state index < -0.39 is 52.3 Å². The molecule has 0 aromatic carbocycles. The van der Waals surface area contributed by atoms with Gasteiger partial charge < -0.3 is 9.47 Å². The van der Waals surface area contributed by atoms with E-state index in [1.54, 1.807) is 0 Å². The first-order valence-electron chi connectivity index (χ1n) is 10.4. The number of hydrogen-bond donors (Lipinski definition) is 1. The number of halogens is 4. The Bertz CT molecular complexity index is 798. The molecule has 178 valence electrons. The third-order valence-electron chi connectivity index (χ3n) is 7.17. The van der Waals surface area contributed by atoms with Gasteiger partial charge in [-0.15, -0.1) is 0 Å². The van der Waals surface area contributed by atoms with Gasteiger partial charge in [-0.2, -0.15) is 26.0 Å². The molecular formula is C20H28F4O6S. The minimum atomic E-state index is -6.25. The highest BCUT2D eigenvalue weighted by atomic mass is 32.2. The molecule has 31 heavy (non-hydrogen) atoms. The summed E-state index contributed by atoms with van der Waals surface area (Å²) in [6, 6.07) is 0. The van der Waals surface area contributed by atoms with E-state index in [9.17, 15) is 30.8 Å². The molecule has 0 spiro atoms. The Balaban J connectivity index is 1.43. The number of carbonyl (C=O) groups is 1. The molecule has 4 fully saturated rings. The Morgan fingerprint density at radius 3 is 2.10 bits per heavy atom. The Labute approximate surface area is 179 Å². The second kappa shape index (κ2) is 8.30. The maximum Gasteiger partial charge on any atom is 0.431 e. The van der Waals surface area contributed by atoms with E-state index in [0.29, 0.717) is 23.7 Å². The minimum absolute atomic E-state index is 0.00921. The number of esters is 1. The first kappa shape index (κ1) is 24.4. The first-order chi connectivity index (χ1) is 14.2. The fourth-order valence-electron chi connectivity index (χ4n) is 5.54. The van der Waals surface area contributed by atoms with Crippen molar-refractivity contribution in [2.75, 3.05) is 13.2 Å². The molecule has 0 atom stereocenters. The normalized spacial score (nSPS) is 32.8. The average Bonchev–Trinajstić information content (AvgIpc) is 2.64. The van der Waals surface area contributed by atoms with Gasteiger partial charge in [0.1, 0.15) is 5.60 Å². The van der Waals surface area contributed by atoms with Crippen molar-refractivity contribution in [1.29, 1.82) is 0 Å².